The van der Waals surface area contributed by atoms with Gasteiger partial charge in [-0.2, -0.15) is 13.2 Å². The van der Waals surface area contributed by atoms with Crippen molar-refractivity contribution < 1.29 is 18.0 Å². The van der Waals surface area contributed by atoms with Crippen LogP contribution in [0.5, 0.6) is 0 Å². The van der Waals surface area contributed by atoms with E-state index in [2.05, 4.69) is 21.2 Å². The number of anilines is 1. The van der Waals surface area contributed by atoms with Gasteiger partial charge in [-0.1, -0.05) is 18.2 Å². The molecule has 104 valence electrons. The fourth-order valence-corrected chi connectivity index (χ4v) is 1.98. The van der Waals surface area contributed by atoms with Gasteiger partial charge in [0.05, 0.1) is 11.3 Å². The van der Waals surface area contributed by atoms with Crippen LogP contribution in [0.2, 0.25) is 0 Å². The van der Waals surface area contributed by atoms with E-state index in [1.54, 1.807) is 24.3 Å². The Morgan fingerprint density at radius 3 is 2.40 bits per heavy atom. The highest BCUT2D eigenvalue weighted by Gasteiger charge is 2.30. The third-order valence-corrected chi connectivity index (χ3v) is 3.27. The summed E-state index contributed by atoms with van der Waals surface area (Å²) in [6.07, 6.45) is -4.47. The van der Waals surface area contributed by atoms with E-state index in [-0.39, 0.29) is 5.56 Å². The van der Waals surface area contributed by atoms with Gasteiger partial charge < -0.3 is 5.32 Å². The van der Waals surface area contributed by atoms with Gasteiger partial charge in [0, 0.05) is 10.0 Å². The van der Waals surface area contributed by atoms with E-state index >= 15 is 0 Å². The summed E-state index contributed by atoms with van der Waals surface area (Å²) in [5, 5.41) is 2.55. The standard InChI is InChI=1S/C14H9BrF3NO/c15-11-6-1-2-7-12(11)19-13(20)9-4-3-5-10(8-9)14(16,17)18/h1-8H,(H,19,20). The maximum Gasteiger partial charge on any atom is 0.416 e. The van der Waals surface area contributed by atoms with Crippen molar-refractivity contribution in [3.05, 3.63) is 64.1 Å². The van der Waals surface area contributed by atoms with Crippen LogP contribution in [0.4, 0.5) is 18.9 Å². The molecule has 2 aromatic carbocycles. The lowest BCUT2D eigenvalue weighted by Gasteiger charge is -2.10. The van der Waals surface area contributed by atoms with E-state index in [0.29, 0.717) is 10.2 Å². The Balaban J connectivity index is 2.24. The minimum Gasteiger partial charge on any atom is -0.321 e. The van der Waals surface area contributed by atoms with Crippen LogP contribution >= 0.6 is 15.9 Å². The predicted molar refractivity (Wildman–Crippen MR) is 73.5 cm³/mol. The van der Waals surface area contributed by atoms with Gasteiger partial charge >= 0.3 is 6.18 Å². The molecule has 2 rings (SSSR count). The van der Waals surface area contributed by atoms with Crippen LogP contribution in [0.25, 0.3) is 0 Å². The fourth-order valence-electron chi connectivity index (χ4n) is 1.59. The van der Waals surface area contributed by atoms with Crippen molar-refractivity contribution in [2.75, 3.05) is 5.32 Å². The van der Waals surface area contributed by atoms with Gasteiger partial charge in [0.1, 0.15) is 0 Å². The van der Waals surface area contributed by atoms with Crippen LogP contribution in [0, 0.1) is 0 Å². The second-order valence-electron chi connectivity index (χ2n) is 4.01. The third kappa shape index (κ3) is 3.39. The average molecular weight is 344 g/mol. The van der Waals surface area contributed by atoms with E-state index in [1.807, 2.05) is 0 Å². The first-order valence-electron chi connectivity index (χ1n) is 5.61. The Morgan fingerprint density at radius 2 is 1.75 bits per heavy atom. The van der Waals surface area contributed by atoms with E-state index < -0.39 is 17.6 Å². The molecule has 1 amide bonds. The van der Waals surface area contributed by atoms with Gasteiger partial charge in [-0.25, -0.2) is 0 Å². The molecule has 6 heteroatoms. The smallest absolute Gasteiger partial charge is 0.321 e. The molecule has 0 atom stereocenters. The maximum absolute atomic E-state index is 12.6. The minimum absolute atomic E-state index is 0.0458. The van der Waals surface area contributed by atoms with Crippen molar-refractivity contribution in [3.63, 3.8) is 0 Å². The molecule has 0 heterocycles. The summed E-state index contributed by atoms with van der Waals surface area (Å²) in [4.78, 5) is 11.9. The molecule has 0 bridgehead atoms. The van der Waals surface area contributed by atoms with Gasteiger partial charge in [-0.15, -0.1) is 0 Å². The molecule has 0 fully saturated rings. The van der Waals surface area contributed by atoms with Crippen LogP contribution in [-0.4, -0.2) is 5.91 Å². The zero-order chi connectivity index (χ0) is 14.8. The Bertz CT molecular complexity index is 640. The number of para-hydroxylation sites is 1. The number of halogens is 4. The third-order valence-electron chi connectivity index (χ3n) is 2.57. The summed E-state index contributed by atoms with van der Waals surface area (Å²) >= 11 is 3.25. The SMILES string of the molecule is O=C(Nc1ccccc1Br)c1cccc(C(F)(F)F)c1. The number of alkyl halides is 3. The zero-order valence-electron chi connectivity index (χ0n) is 10.0. The molecule has 2 aromatic rings. The molecule has 0 spiro atoms. The van der Waals surface area contributed by atoms with E-state index in [4.69, 9.17) is 0 Å². The lowest BCUT2D eigenvalue weighted by molar-refractivity contribution is -0.137. The molecule has 2 nitrogen and oxygen atoms in total. The molecule has 0 radical (unpaired) electrons. The highest BCUT2D eigenvalue weighted by molar-refractivity contribution is 9.10. The first kappa shape index (κ1) is 14.6. The number of rotatable bonds is 2. The molecule has 0 saturated heterocycles. The first-order chi connectivity index (χ1) is 9.38. The second-order valence-corrected chi connectivity index (χ2v) is 4.87. The molecule has 0 aliphatic rings. The van der Waals surface area contributed by atoms with Gasteiger partial charge in [-0.05, 0) is 46.3 Å². The summed E-state index contributed by atoms with van der Waals surface area (Å²) in [5.41, 5.74) is -0.400. The number of carbonyl (C=O) groups excluding carboxylic acids is 1. The minimum atomic E-state index is -4.47. The van der Waals surface area contributed by atoms with E-state index in [9.17, 15) is 18.0 Å². The van der Waals surface area contributed by atoms with Gasteiger partial charge in [0.25, 0.3) is 5.91 Å². The van der Waals surface area contributed by atoms with Crippen LogP contribution in [0.3, 0.4) is 0 Å². The number of benzene rings is 2. The van der Waals surface area contributed by atoms with Gasteiger partial charge in [0.2, 0.25) is 0 Å². The molecule has 0 unspecified atom stereocenters. The monoisotopic (exact) mass is 343 g/mol. The van der Waals surface area contributed by atoms with Crippen molar-refractivity contribution in [1.29, 1.82) is 0 Å². The molecule has 1 N–H and O–H groups in total. The van der Waals surface area contributed by atoms with Crippen molar-refractivity contribution in [2.24, 2.45) is 0 Å². The number of amides is 1. The predicted octanol–water partition coefficient (Wildman–Crippen LogP) is 4.72. The summed E-state index contributed by atoms with van der Waals surface area (Å²) < 4.78 is 38.4. The summed E-state index contributed by atoms with van der Waals surface area (Å²) in [7, 11) is 0. The second kappa shape index (κ2) is 5.66. The van der Waals surface area contributed by atoms with Gasteiger partial charge in [-0.3, -0.25) is 4.79 Å². The molecule has 20 heavy (non-hydrogen) atoms. The summed E-state index contributed by atoms with van der Waals surface area (Å²) in [5.74, 6) is -0.594. The molecule has 0 aromatic heterocycles. The zero-order valence-corrected chi connectivity index (χ0v) is 11.6. The molecule has 0 aliphatic carbocycles. The van der Waals surface area contributed by atoms with Crippen molar-refractivity contribution in [3.8, 4) is 0 Å². The van der Waals surface area contributed by atoms with Crippen molar-refractivity contribution in [1.82, 2.24) is 0 Å². The Labute approximate surface area is 121 Å². The Kier molecular flexibility index (Phi) is 4.13. The fraction of sp³-hybridized carbons (Fsp3) is 0.0714. The highest BCUT2D eigenvalue weighted by atomic mass is 79.9. The molecular weight excluding hydrogens is 335 g/mol. The van der Waals surface area contributed by atoms with Crippen LogP contribution in [0.15, 0.2) is 53.0 Å². The van der Waals surface area contributed by atoms with Crippen LogP contribution in [0.1, 0.15) is 15.9 Å². The quantitative estimate of drug-likeness (QED) is 0.839. The topological polar surface area (TPSA) is 29.1 Å². The average Bonchev–Trinajstić information content (AvgIpc) is 2.40. The van der Waals surface area contributed by atoms with Gasteiger partial charge in [0.15, 0.2) is 0 Å². The Hall–Kier alpha value is -1.82. The van der Waals surface area contributed by atoms with Crippen molar-refractivity contribution in [2.45, 2.75) is 6.18 Å². The summed E-state index contributed by atoms with van der Waals surface area (Å²) in [6, 6.07) is 11.1. The summed E-state index contributed by atoms with van der Waals surface area (Å²) in [6.45, 7) is 0. The molecule has 0 aliphatic heterocycles. The lowest BCUT2D eigenvalue weighted by Crippen LogP contribution is -2.14. The van der Waals surface area contributed by atoms with Crippen molar-refractivity contribution >= 4 is 27.5 Å². The van der Waals surface area contributed by atoms with Crippen LogP contribution < -0.4 is 5.32 Å². The lowest BCUT2D eigenvalue weighted by atomic mass is 10.1. The largest absolute Gasteiger partial charge is 0.416 e. The number of hydrogen-bond donors (Lipinski definition) is 1. The number of nitrogens with one attached hydrogen (secondary N) is 1. The highest BCUT2D eigenvalue weighted by Crippen LogP contribution is 2.30. The van der Waals surface area contributed by atoms with E-state index in [0.717, 1.165) is 12.1 Å². The Morgan fingerprint density at radius 1 is 1.05 bits per heavy atom. The number of carbonyl (C=O) groups is 1. The molecule has 0 saturated carbocycles. The first-order valence-corrected chi connectivity index (χ1v) is 6.40. The van der Waals surface area contributed by atoms with Crippen LogP contribution in [-0.2, 0) is 6.18 Å². The number of hydrogen-bond acceptors (Lipinski definition) is 1. The normalized spacial score (nSPS) is 11.2. The van der Waals surface area contributed by atoms with E-state index in [1.165, 1.54) is 12.1 Å². The maximum atomic E-state index is 12.6. The molecular formula is C14H9BrF3NO.